The van der Waals surface area contributed by atoms with Crippen molar-refractivity contribution in [3.63, 3.8) is 0 Å². The molecule has 158 valence electrons. The maximum absolute atomic E-state index is 12.8. The van der Waals surface area contributed by atoms with Crippen LogP contribution in [0.3, 0.4) is 0 Å². The van der Waals surface area contributed by atoms with Crippen LogP contribution in [0.4, 0.5) is 18.9 Å². The molecule has 1 heterocycles. The topological polar surface area (TPSA) is 112 Å². The summed E-state index contributed by atoms with van der Waals surface area (Å²) in [5, 5.41) is 3.64. The van der Waals surface area contributed by atoms with Crippen LogP contribution < -0.4 is 14.2 Å². The molecule has 13 heteroatoms. The Kier molecular flexibility index (Phi) is 6.84. The number of hydrogen-bond acceptors (Lipinski definition) is 8. The zero-order chi connectivity index (χ0) is 21.7. The fourth-order valence-corrected chi connectivity index (χ4v) is 2.72. The van der Waals surface area contributed by atoms with E-state index in [2.05, 4.69) is 15.1 Å². The molecule has 9 nitrogen and oxygen atoms in total. The molecule has 0 aliphatic rings. The lowest BCUT2D eigenvalue weighted by Gasteiger charge is -2.19. The number of hydrogen-bond donors (Lipinski definition) is 1. The van der Waals surface area contributed by atoms with E-state index < -0.39 is 21.6 Å². The third kappa shape index (κ3) is 5.25. The molecule has 2 aromatic rings. The Balaban J connectivity index is 2.61. The van der Waals surface area contributed by atoms with Gasteiger partial charge in [-0.1, -0.05) is 23.4 Å². The molecule has 29 heavy (non-hydrogen) atoms. The number of nitrogens with one attached hydrogen (secondary N) is 1. The van der Waals surface area contributed by atoms with Crippen LogP contribution in [0.15, 0.2) is 35.5 Å². The highest BCUT2D eigenvalue weighted by Gasteiger charge is 2.46. The highest BCUT2D eigenvalue weighted by atomic mass is 32.2. The molecule has 1 unspecified atom stereocenters. The molecule has 0 amide bonds. The first-order valence-electron chi connectivity index (χ1n) is 7.91. The van der Waals surface area contributed by atoms with Crippen molar-refractivity contribution in [1.82, 2.24) is 9.97 Å². The van der Waals surface area contributed by atoms with Crippen LogP contribution in [0.5, 0.6) is 11.8 Å². The summed E-state index contributed by atoms with van der Waals surface area (Å²) in [6, 6.07) is 6.69. The molecule has 1 N–H and O–H groups in total. The average Bonchev–Trinajstić information content (AvgIpc) is 2.68. The molecule has 0 spiro atoms. The number of rotatable bonds is 8. The minimum absolute atomic E-state index is 0.0127. The normalized spacial score (nSPS) is 13.2. The van der Waals surface area contributed by atoms with Gasteiger partial charge in [-0.15, -0.1) is 0 Å². The van der Waals surface area contributed by atoms with Crippen LogP contribution in [0.2, 0.25) is 0 Å². The Morgan fingerprint density at radius 1 is 1.14 bits per heavy atom. The average molecular weight is 434 g/mol. The first-order valence-corrected chi connectivity index (χ1v) is 9.40. The third-order valence-electron chi connectivity index (χ3n) is 3.41. The molecule has 1 atom stereocenters. The molecular formula is C16H17F3N4O5S. The van der Waals surface area contributed by atoms with Crippen molar-refractivity contribution in [1.29, 1.82) is 0 Å². The quantitative estimate of drug-likeness (QED) is 0.502. The van der Waals surface area contributed by atoms with Crippen molar-refractivity contribution >= 4 is 21.9 Å². The molecule has 1 aromatic carbocycles. The van der Waals surface area contributed by atoms with Gasteiger partial charge in [0.25, 0.3) is 0 Å². The van der Waals surface area contributed by atoms with Gasteiger partial charge in [-0.3, -0.25) is 4.72 Å². The second kappa shape index (κ2) is 8.94. The number of ether oxygens (including phenoxy) is 2. The van der Waals surface area contributed by atoms with E-state index in [9.17, 15) is 21.6 Å². The summed E-state index contributed by atoms with van der Waals surface area (Å²) < 4.78 is 73.2. The summed E-state index contributed by atoms with van der Waals surface area (Å²) in [5.74, 6) is 0.106. The summed E-state index contributed by atoms with van der Waals surface area (Å²) in [4.78, 5) is 13.5. The van der Waals surface area contributed by atoms with Crippen LogP contribution in [0.1, 0.15) is 24.4 Å². The second-order valence-electron chi connectivity index (χ2n) is 5.30. The van der Waals surface area contributed by atoms with E-state index >= 15 is 0 Å². The lowest BCUT2D eigenvalue weighted by Crippen LogP contribution is -2.30. The van der Waals surface area contributed by atoms with E-state index in [1.807, 2.05) is 0 Å². The Hall–Kier alpha value is -3.09. The summed E-state index contributed by atoms with van der Waals surface area (Å²) >= 11 is 0. The summed E-state index contributed by atoms with van der Waals surface area (Å²) in [5.41, 5.74) is -5.90. The fraction of sp³-hybridized carbons (Fsp3) is 0.312. The number of para-hydroxylation sites is 1. The zero-order valence-electron chi connectivity index (χ0n) is 15.5. The highest BCUT2D eigenvalue weighted by Crippen LogP contribution is 2.34. The first kappa shape index (κ1) is 22.2. The van der Waals surface area contributed by atoms with Gasteiger partial charge in [0, 0.05) is 11.8 Å². The van der Waals surface area contributed by atoms with E-state index in [0.717, 1.165) is 6.07 Å². The minimum Gasteiger partial charge on any atom is -0.481 e. The van der Waals surface area contributed by atoms with Crippen LogP contribution >= 0.6 is 0 Å². The monoisotopic (exact) mass is 434 g/mol. The maximum Gasteiger partial charge on any atom is 0.516 e. The van der Waals surface area contributed by atoms with Gasteiger partial charge in [0.15, 0.2) is 5.82 Å². The van der Waals surface area contributed by atoms with E-state index in [1.165, 1.54) is 49.4 Å². The highest BCUT2D eigenvalue weighted by molar-refractivity contribution is 7.93. The molecule has 0 aliphatic carbocycles. The molecular weight excluding hydrogens is 417 g/mol. The van der Waals surface area contributed by atoms with E-state index in [-0.39, 0.29) is 28.8 Å². The van der Waals surface area contributed by atoms with Gasteiger partial charge in [-0.2, -0.15) is 31.6 Å². The molecule has 2 rings (SSSR count). The number of sulfonamides is 1. The van der Waals surface area contributed by atoms with E-state index in [1.54, 1.807) is 6.92 Å². The van der Waals surface area contributed by atoms with Crippen molar-refractivity contribution in [2.45, 2.75) is 18.5 Å². The smallest absolute Gasteiger partial charge is 0.481 e. The van der Waals surface area contributed by atoms with Crippen LogP contribution in [-0.2, 0) is 14.9 Å². The SMILES string of the molecule is C/C=N/OC(c1nc(OC)cc(OC)n1)c1ccccc1NS(=O)(=O)C(F)(F)F. The van der Waals surface area contributed by atoms with Crippen LogP contribution in [0.25, 0.3) is 0 Å². The number of alkyl halides is 3. The molecule has 0 fully saturated rings. The largest absolute Gasteiger partial charge is 0.516 e. The molecule has 0 saturated carbocycles. The summed E-state index contributed by atoms with van der Waals surface area (Å²) in [6.07, 6.45) is 0.00901. The molecule has 1 aromatic heterocycles. The number of aromatic nitrogens is 2. The van der Waals surface area contributed by atoms with Gasteiger partial charge in [0.2, 0.25) is 17.9 Å². The van der Waals surface area contributed by atoms with Crippen LogP contribution in [-0.4, -0.2) is 44.3 Å². The van der Waals surface area contributed by atoms with Gasteiger partial charge in [-0.25, -0.2) is 0 Å². The number of oxime groups is 1. The van der Waals surface area contributed by atoms with Gasteiger partial charge in [0.1, 0.15) is 0 Å². The van der Waals surface area contributed by atoms with E-state index in [4.69, 9.17) is 14.3 Å². The number of benzene rings is 1. The zero-order valence-corrected chi connectivity index (χ0v) is 16.3. The standard InChI is InChI=1S/C16H17F3N4O5S/c1-4-20-28-14(15-21-12(26-2)9-13(22-15)27-3)10-7-5-6-8-11(10)23-29(24,25)16(17,18)19/h4-9,14,23H,1-3H3/b20-4+. The molecule has 0 saturated heterocycles. The van der Waals surface area contributed by atoms with Gasteiger partial charge < -0.3 is 14.3 Å². The number of methoxy groups -OCH3 is 2. The van der Waals surface area contributed by atoms with Crippen molar-refractivity contribution < 1.29 is 35.9 Å². The lowest BCUT2D eigenvalue weighted by molar-refractivity contribution is -0.0429. The molecule has 0 bridgehead atoms. The Bertz CT molecular complexity index is 961. The van der Waals surface area contributed by atoms with Crippen molar-refractivity contribution in [2.24, 2.45) is 5.16 Å². The Morgan fingerprint density at radius 2 is 1.72 bits per heavy atom. The van der Waals surface area contributed by atoms with Crippen molar-refractivity contribution in [2.75, 3.05) is 18.9 Å². The van der Waals surface area contributed by atoms with Crippen LogP contribution in [0, 0.1) is 0 Å². The van der Waals surface area contributed by atoms with Crippen molar-refractivity contribution in [3.05, 3.63) is 41.7 Å². The van der Waals surface area contributed by atoms with Crippen molar-refractivity contribution in [3.8, 4) is 11.8 Å². The molecule has 0 radical (unpaired) electrons. The summed E-state index contributed by atoms with van der Waals surface area (Å²) in [6.45, 7) is 1.54. The van der Waals surface area contributed by atoms with E-state index in [0.29, 0.717) is 0 Å². The third-order valence-corrected chi connectivity index (χ3v) is 4.51. The van der Waals surface area contributed by atoms with Gasteiger partial charge in [-0.05, 0) is 13.0 Å². The number of nitrogens with zero attached hydrogens (tertiary/aromatic N) is 3. The second-order valence-corrected chi connectivity index (χ2v) is 6.97. The first-order chi connectivity index (χ1) is 13.6. The number of anilines is 1. The number of halogens is 3. The minimum atomic E-state index is -5.67. The van der Waals surface area contributed by atoms with Gasteiger partial charge >= 0.3 is 15.5 Å². The predicted molar refractivity (Wildman–Crippen MR) is 97.3 cm³/mol. The Labute approximate surface area is 164 Å². The predicted octanol–water partition coefficient (Wildman–Crippen LogP) is 2.87. The van der Waals surface area contributed by atoms with Gasteiger partial charge in [0.05, 0.1) is 26.0 Å². The molecule has 0 aliphatic heterocycles. The summed E-state index contributed by atoms with van der Waals surface area (Å²) in [7, 11) is -2.98. The fourth-order valence-electron chi connectivity index (χ4n) is 2.13. The Morgan fingerprint density at radius 3 is 2.24 bits per heavy atom. The lowest BCUT2D eigenvalue weighted by atomic mass is 10.1. The maximum atomic E-state index is 12.8.